The van der Waals surface area contributed by atoms with E-state index in [1.54, 1.807) is 0 Å². The van der Waals surface area contributed by atoms with Crippen molar-refractivity contribution in [2.75, 3.05) is 6.61 Å². The molecular weight excluding hydrogens is 332 g/mol. The predicted octanol–water partition coefficient (Wildman–Crippen LogP) is 1.60. The summed E-state index contributed by atoms with van der Waals surface area (Å²) < 4.78 is 0. The Balaban J connectivity index is 1.89. The summed E-state index contributed by atoms with van der Waals surface area (Å²) in [7, 11) is 0. The van der Waals surface area contributed by atoms with Crippen molar-refractivity contribution >= 4 is 0 Å². The third kappa shape index (κ3) is 3.20. The highest BCUT2D eigenvalue weighted by atomic mass is 16.4. The Morgan fingerprint density at radius 1 is 1.27 bits per heavy atom. The van der Waals surface area contributed by atoms with Crippen LogP contribution in [0.3, 0.4) is 0 Å². The van der Waals surface area contributed by atoms with Gasteiger partial charge in [-0.25, -0.2) is 0 Å². The van der Waals surface area contributed by atoms with Crippen molar-refractivity contribution < 1.29 is 25.5 Å². The van der Waals surface area contributed by atoms with Gasteiger partial charge >= 0.3 is 0 Å². The molecule has 6 atom stereocenters. The Kier molecular flexibility index (Phi) is 5.48. The van der Waals surface area contributed by atoms with Crippen LogP contribution in [0.4, 0.5) is 0 Å². The second kappa shape index (κ2) is 7.21. The molecular formula is C21H32O5. The van der Waals surface area contributed by atoms with E-state index in [4.69, 9.17) is 0 Å². The number of aliphatic hydroxyl groups excluding tert-OH is 4. The summed E-state index contributed by atoms with van der Waals surface area (Å²) in [4.78, 5) is 0. The van der Waals surface area contributed by atoms with E-state index in [9.17, 15) is 25.5 Å². The van der Waals surface area contributed by atoms with E-state index in [0.717, 1.165) is 24.0 Å². The summed E-state index contributed by atoms with van der Waals surface area (Å²) in [6.07, 6.45) is 7.47. The van der Waals surface area contributed by atoms with Gasteiger partial charge in [0.2, 0.25) is 0 Å². The van der Waals surface area contributed by atoms with E-state index in [1.165, 1.54) is 5.57 Å². The van der Waals surface area contributed by atoms with Crippen LogP contribution >= 0.6 is 0 Å². The average Bonchev–Trinajstić information content (AvgIpc) is 2.86. The lowest BCUT2D eigenvalue weighted by Gasteiger charge is -2.48. The van der Waals surface area contributed by atoms with Crippen molar-refractivity contribution in [2.45, 2.75) is 76.3 Å². The van der Waals surface area contributed by atoms with Crippen LogP contribution in [0.2, 0.25) is 0 Å². The highest BCUT2D eigenvalue weighted by molar-refractivity contribution is 5.38. The molecule has 0 amide bonds. The van der Waals surface area contributed by atoms with Crippen LogP contribution in [0, 0.1) is 11.3 Å². The van der Waals surface area contributed by atoms with Gasteiger partial charge in [-0.1, -0.05) is 30.7 Å². The molecule has 5 N–H and O–H groups in total. The summed E-state index contributed by atoms with van der Waals surface area (Å²) in [5.41, 5.74) is 1.28. The van der Waals surface area contributed by atoms with Crippen LogP contribution in [0.25, 0.3) is 0 Å². The maximum absolute atomic E-state index is 11.1. The molecule has 26 heavy (non-hydrogen) atoms. The van der Waals surface area contributed by atoms with Crippen molar-refractivity contribution in [3.8, 4) is 0 Å². The first-order valence-corrected chi connectivity index (χ1v) is 9.67. The normalized spacial score (nSPS) is 42.1. The standard InChI is InChI=1S/C21H32O5/c1-13-3-6-16(23)9-14(13)4-5-15-10-17(24)11-20(2)18(15)7-8-21(20,26)19(25)12-22/h4-5,10,16-19,22-26H,3,6-9,11-12H2,1-2H3/b5-4+/t16-,17+,18-,19-,20-,21-/m0/s1. The fourth-order valence-corrected chi connectivity index (χ4v) is 5.31. The molecule has 1 saturated carbocycles. The van der Waals surface area contributed by atoms with Crippen molar-refractivity contribution in [3.63, 3.8) is 0 Å². The molecule has 3 rings (SSSR count). The van der Waals surface area contributed by atoms with Crippen molar-refractivity contribution in [1.29, 1.82) is 0 Å². The summed E-state index contributed by atoms with van der Waals surface area (Å²) in [6, 6.07) is 0. The molecule has 3 aliphatic rings. The van der Waals surface area contributed by atoms with E-state index < -0.39 is 29.8 Å². The minimum absolute atomic E-state index is 0.0165. The minimum Gasteiger partial charge on any atom is -0.394 e. The third-order valence-corrected chi connectivity index (χ3v) is 7.05. The van der Waals surface area contributed by atoms with E-state index in [0.29, 0.717) is 25.7 Å². The Hall–Kier alpha value is -0.980. The molecule has 0 spiro atoms. The number of hydrogen-bond donors (Lipinski definition) is 5. The monoisotopic (exact) mass is 364 g/mol. The SMILES string of the molecule is CC1=C(/C=C/C2=C[C@@H](O)C[C@@]3(C)[C@H]2CC[C@]3(O)[C@@H](O)CO)C[C@@H](O)CC1. The molecule has 5 heteroatoms. The lowest BCUT2D eigenvalue weighted by atomic mass is 9.61. The molecule has 0 unspecified atom stereocenters. The van der Waals surface area contributed by atoms with Gasteiger partial charge in [0.1, 0.15) is 6.10 Å². The zero-order valence-electron chi connectivity index (χ0n) is 15.7. The van der Waals surface area contributed by atoms with Gasteiger partial charge in [0.05, 0.1) is 24.4 Å². The van der Waals surface area contributed by atoms with Gasteiger partial charge in [-0.2, -0.15) is 0 Å². The Morgan fingerprint density at radius 2 is 2.00 bits per heavy atom. The van der Waals surface area contributed by atoms with Crippen LogP contribution in [-0.2, 0) is 0 Å². The zero-order chi connectivity index (χ0) is 19.1. The molecule has 5 nitrogen and oxygen atoms in total. The lowest BCUT2D eigenvalue weighted by Crippen LogP contribution is -2.56. The zero-order valence-corrected chi connectivity index (χ0v) is 15.7. The van der Waals surface area contributed by atoms with Gasteiger partial charge in [-0.05, 0) is 62.5 Å². The molecule has 0 aromatic heterocycles. The number of rotatable bonds is 4. The topological polar surface area (TPSA) is 101 Å². The van der Waals surface area contributed by atoms with E-state index in [2.05, 4.69) is 6.92 Å². The summed E-state index contributed by atoms with van der Waals surface area (Å²) >= 11 is 0. The van der Waals surface area contributed by atoms with Gasteiger partial charge in [-0.3, -0.25) is 0 Å². The fourth-order valence-electron chi connectivity index (χ4n) is 5.31. The third-order valence-electron chi connectivity index (χ3n) is 7.05. The number of fused-ring (bicyclic) bond motifs is 1. The first kappa shape index (κ1) is 19.8. The smallest absolute Gasteiger partial charge is 0.106 e. The van der Waals surface area contributed by atoms with Gasteiger partial charge < -0.3 is 25.5 Å². The van der Waals surface area contributed by atoms with Crippen LogP contribution in [0.15, 0.2) is 34.9 Å². The molecule has 1 fully saturated rings. The Bertz CT molecular complexity index is 636. The first-order chi connectivity index (χ1) is 12.2. The van der Waals surface area contributed by atoms with Gasteiger partial charge in [0.25, 0.3) is 0 Å². The molecule has 0 radical (unpaired) electrons. The fraction of sp³-hybridized carbons (Fsp3) is 0.714. The van der Waals surface area contributed by atoms with Crippen LogP contribution in [0.5, 0.6) is 0 Å². The largest absolute Gasteiger partial charge is 0.394 e. The van der Waals surface area contributed by atoms with Crippen LogP contribution in [0.1, 0.15) is 52.4 Å². The second-order valence-corrected chi connectivity index (χ2v) is 8.61. The predicted molar refractivity (Wildman–Crippen MR) is 99.3 cm³/mol. The second-order valence-electron chi connectivity index (χ2n) is 8.61. The van der Waals surface area contributed by atoms with Crippen molar-refractivity contribution in [3.05, 3.63) is 34.9 Å². The molecule has 0 bridgehead atoms. The maximum Gasteiger partial charge on any atom is 0.106 e. The highest BCUT2D eigenvalue weighted by Gasteiger charge is 2.61. The Labute approximate surface area is 155 Å². The average molecular weight is 364 g/mol. The summed E-state index contributed by atoms with van der Waals surface area (Å²) in [5, 5.41) is 51.1. The Morgan fingerprint density at radius 3 is 2.69 bits per heavy atom. The minimum atomic E-state index is -1.41. The summed E-state index contributed by atoms with van der Waals surface area (Å²) in [6.45, 7) is 3.50. The lowest BCUT2D eigenvalue weighted by molar-refractivity contribution is -0.165. The number of aliphatic hydroxyl groups is 5. The van der Waals surface area contributed by atoms with Crippen molar-refractivity contribution in [2.24, 2.45) is 11.3 Å². The molecule has 0 saturated heterocycles. The maximum atomic E-state index is 11.1. The molecule has 0 heterocycles. The molecule has 0 aromatic rings. The molecule has 3 aliphatic carbocycles. The van der Waals surface area contributed by atoms with E-state index >= 15 is 0 Å². The molecule has 0 aromatic carbocycles. The number of allylic oxidation sites excluding steroid dienone is 4. The summed E-state index contributed by atoms with van der Waals surface area (Å²) in [5.74, 6) is 0.0165. The number of hydrogen-bond acceptors (Lipinski definition) is 5. The van der Waals surface area contributed by atoms with Crippen molar-refractivity contribution in [1.82, 2.24) is 0 Å². The van der Waals surface area contributed by atoms with Gasteiger partial charge in [-0.15, -0.1) is 0 Å². The first-order valence-electron chi connectivity index (χ1n) is 9.67. The molecule has 0 aliphatic heterocycles. The van der Waals surface area contributed by atoms with Gasteiger partial charge in [0.15, 0.2) is 0 Å². The quantitative estimate of drug-likeness (QED) is 0.522. The molecule has 146 valence electrons. The van der Waals surface area contributed by atoms with Crippen LogP contribution in [-0.4, -0.2) is 56.1 Å². The van der Waals surface area contributed by atoms with E-state index in [1.807, 2.05) is 25.2 Å². The van der Waals surface area contributed by atoms with Gasteiger partial charge in [0, 0.05) is 5.41 Å². The van der Waals surface area contributed by atoms with E-state index in [-0.39, 0.29) is 12.0 Å². The van der Waals surface area contributed by atoms with Crippen LogP contribution < -0.4 is 0 Å². The highest BCUT2D eigenvalue weighted by Crippen LogP contribution is 2.59.